The Morgan fingerprint density at radius 2 is 2.00 bits per heavy atom. The van der Waals surface area contributed by atoms with Gasteiger partial charge in [-0.2, -0.15) is 5.26 Å². The highest BCUT2D eigenvalue weighted by molar-refractivity contribution is 5.14. The van der Waals surface area contributed by atoms with Crippen LogP contribution < -0.4 is 5.32 Å². The second-order valence-corrected chi connectivity index (χ2v) is 6.96. The Morgan fingerprint density at radius 3 is 2.57 bits per heavy atom. The molecular formula is C17H32N4. The van der Waals surface area contributed by atoms with Gasteiger partial charge in [-0.15, -0.1) is 0 Å². The van der Waals surface area contributed by atoms with E-state index in [0.717, 1.165) is 19.5 Å². The molecule has 0 bridgehead atoms. The normalized spacial score (nSPS) is 31.7. The van der Waals surface area contributed by atoms with Gasteiger partial charge in [-0.25, -0.2) is 0 Å². The van der Waals surface area contributed by atoms with Crippen LogP contribution in [0.2, 0.25) is 0 Å². The molecule has 1 aliphatic carbocycles. The van der Waals surface area contributed by atoms with Crippen molar-refractivity contribution in [2.75, 3.05) is 39.3 Å². The molecular weight excluding hydrogens is 260 g/mol. The standard InChI is InChI=1S/C17H32N4/c1-4-19-17(14-18)8-5-6-16(17)7-9-20-10-12-21(13-11-20)15(2)3/h15-16,19H,4-13H2,1-3H3. The minimum atomic E-state index is -0.242. The van der Waals surface area contributed by atoms with Crippen molar-refractivity contribution in [3.63, 3.8) is 0 Å². The summed E-state index contributed by atoms with van der Waals surface area (Å²) in [5.74, 6) is 0.533. The first-order valence-corrected chi connectivity index (χ1v) is 8.74. The van der Waals surface area contributed by atoms with Gasteiger partial charge in [-0.3, -0.25) is 10.2 Å². The van der Waals surface area contributed by atoms with Crippen LogP contribution in [0.4, 0.5) is 0 Å². The molecule has 1 saturated heterocycles. The van der Waals surface area contributed by atoms with Crippen molar-refractivity contribution in [2.45, 2.75) is 58.0 Å². The van der Waals surface area contributed by atoms with Crippen molar-refractivity contribution in [1.82, 2.24) is 15.1 Å². The van der Waals surface area contributed by atoms with Crippen LogP contribution in [0.3, 0.4) is 0 Å². The molecule has 2 rings (SSSR count). The van der Waals surface area contributed by atoms with Gasteiger partial charge >= 0.3 is 0 Å². The van der Waals surface area contributed by atoms with E-state index in [9.17, 15) is 5.26 Å². The monoisotopic (exact) mass is 292 g/mol. The van der Waals surface area contributed by atoms with Gasteiger partial charge in [0.25, 0.3) is 0 Å². The van der Waals surface area contributed by atoms with Crippen LogP contribution >= 0.6 is 0 Å². The number of rotatable bonds is 6. The van der Waals surface area contributed by atoms with Crippen molar-refractivity contribution >= 4 is 0 Å². The van der Waals surface area contributed by atoms with Crippen molar-refractivity contribution in [1.29, 1.82) is 5.26 Å². The van der Waals surface area contributed by atoms with Gasteiger partial charge in [0.1, 0.15) is 5.54 Å². The molecule has 0 aromatic rings. The van der Waals surface area contributed by atoms with E-state index in [4.69, 9.17) is 0 Å². The maximum atomic E-state index is 9.62. The molecule has 1 aliphatic heterocycles. The molecule has 2 unspecified atom stereocenters. The molecule has 21 heavy (non-hydrogen) atoms. The van der Waals surface area contributed by atoms with E-state index >= 15 is 0 Å². The van der Waals surface area contributed by atoms with Crippen LogP contribution in [0.1, 0.15) is 46.5 Å². The predicted molar refractivity (Wildman–Crippen MR) is 87.1 cm³/mol. The van der Waals surface area contributed by atoms with Crippen LogP contribution in [0, 0.1) is 17.2 Å². The second kappa shape index (κ2) is 7.58. The van der Waals surface area contributed by atoms with Gasteiger partial charge < -0.3 is 4.90 Å². The molecule has 120 valence electrons. The number of nitrogens with zero attached hydrogens (tertiary/aromatic N) is 3. The first-order valence-electron chi connectivity index (χ1n) is 8.74. The molecule has 0 aromatic carbocycles. The van der Waals surface area contributed by atoms with Crippen LogP contribution in [0.5, 0.6) is 0 Å². The third kappa shape index (κ3) is 3.97. The topological polar surface area (TPSA) is 42.3 Å². The maximum Gasteiger partial charge on any atom is 0.109 e. The van der Waals surface area contributed by atoms with E-state index < -0.39 is 0 Å². The molecule has 0 spiro atoms. The van der Waals surface area contributed by atoms with Crippen LogP contribution in [-0.4, -0.2) is 60.6 Å². The van der Waals surface area contributed by atoms with Crippen LogP contribution in [0.15, 0.2) is 0 Å². The third-order valence-corrected chi connectivity index (χ3v) is 5.44. The van der Waals surface area contributed by atoms with E-state index in [-0.39, 0.29) is 5.54 Å². The Kier molecular flexibility index (Phi) is 6.04. The molecule has 0 radical (unpaired) electrons. The minimum absolute atomic E-state index is 0.242. The minimum Gasteiger partial charge on any atom is -0.301 e. The zero-order chi connectivity index (χ0) is 15.3. The Balaban J connectivity index is 1.79. The SMILES string of the molecule is CCNC1(C#N)CCCC1CCN1CCN(C(C)C)CC1. The summed E-state index contributed by atoms with van der Waals surface area (Å²) in [5.41, 5.74) is -0.242. The van der Waals surface area contributed by atoms with Gasteiger partial charge in [-0.1, -0.05) is 13.3 Å². The Morgan fingerprint density at radius 1 is 1.29 bits per heavy atom. The van der Waals surface area contributed by atoms with E-state index in [0.29, 0.717) is 12.0 Å². The molecule has 2 atom stereocenters. The van der Waals surface area contributed by atoms with Crippen molar-refractivity contribution < 1.29 is 0 Å². The molecule has 1 saturated carbocycles. The highest BCUT2D eigenvalue weighted by Gasteiger charge is 2.42. The summed E-state index contributed by atoms with van der Waals surface area (Å²) in [6.45, 7) is 13.5. The lowest BCUT2D eigenvalue weighted by Gasteiger charge is -2.38. The molecule has 2 fully saturated rings. The second-order valence-electron chi connectivity index (χ2n) is 6.96. The van der Waals surface area contributed by atoms with Crippen molar-refractivity contribution in [3.8, 4) is 6.07 Å². The van der Waals surface area contributed by atoms with Gasteiger partial charge in [0.2, 0.25) is 0 Å². The lowest BCUT2D eigenvalue weighted by molar-refractivity contribution is 0.101. The molecule has 0 amide bonds. The number of nitriles is 1. The fourth-order valence-electron chi connectivity index (χ4n) is 4.05. The zero-order valence-corrected chi connectivity index (χ0v) is 14.1. The third-order valence-electron chi connectivity index (χ3n) is 5.44. The summed E-state index contributed by atoms with van der Waals surface area (Å²) in [7, 11) is 0. The maximum absolute atomic E-state index is 9.62. The van der Waals surface area contributed by atoms with Crippen molar-refractivity contribution in [3.05, 3.63) is 0 Å². The molecule has 1 N–H and O–H groups in total. The summed E-state index contributed by atoms with van der Waals surface area (Å²) < 4.78 is 0. The summed E-state index contributed by atoms with van der Waals surface area (Å²) >= 11 is 0. The Hall–Kier alpha value is -0.630. The Labute approximate surface area is 130 Å². The smallest absolute Gasteiger partial charge is 0.109 e. The summed E-state index contributed by atoms with van der Waals surface area (Å²) in [4.78, 5) is 5.15. The molecule has 4 nitrogen and oxygen atoms in total. The molecule has 2 aliphatic rings. The predicted octanol–water partition coefficient (Wildman–Crippen LogP) is 2.07. The highest BCUT2D eigenvalue weighted by atomic mass is 15.3. The zero-order valence-electron chi connectivity index (χ0n) is 14.1. The van der Waals surface area contributed by atoms with E-state index in [1.165, 1.54) is 45.4 Å². The number of hydrogen-bond acceptors (Lipinski definition) is 4. The van der Waals surface area contributed by atoms with E-state index in [1.807, 2.05) is 0 Å². The highest BCUT2D eigenvalue weighted by Crippen LogP contribution is 2.37. The van der Waals surface area contributed by atoms with E-state index in [1.54, 1.807) is 0 Å². The van der Waals surface area contributed by atoms with Gasteiger partial charge in [0.05, 0.1) is 6.07 Å². The molecule has 1 heterocycles. The number of hydrogen-bond donors (Lipinski definition) is 1. The Bertz CT molecular complexity index is 354. The fraction of sp³-hybridized carbons (Fsp3) is 0.941. The van der Waals surface area contributed by atoms with Gasteiger partial charge in [0, 0.05) is 32.2 Å². The van der Waals surface area contributed by atoms with Crippen molar-refractivity contribution in [2.24, 2.45) is 5.92 Å². The first kappa shape index (κ1) is 16.7. The average Bonchev–Trinajstić information content (AvgIpc) is 2.89. The summed E-state index contributed by atoms with van der Waals surface area (Å²) in [5, 5.41) is 13.1. The lowest BCUT2D eigenvalue weighted by atomic mass is 9.85. The lowest BCUT2D eigenvalue weighted by Crippen LogP contribution is -2.50. The number of nitrogens with one attached hydrogen (secondary N) is 1. The average molecular weight is 292 g/mol. The fourth-order valence-corrected chi connectivity index (χ4v) is 4.05. The van der Waals surface area contributed by atoms with Crippen LogP contribution in [-0.2, 0) is 0 Å². The largest absolute Gasteiger partial charge is 0.301 e. The number of piperazine rings is 1. The molecule has 0 aromatic heterocycles. The van der Waals surface area contributed by atoms with Crippen LogP contribution in [0.25, 0.3) is 0 Å². The summed E-state index contributed by atoms with van der Waals surface area (Å²) in [6.07, 6.45) is 4.62. The molecule has 4 heteroatoms. The van der Waals surface area contributed by atoms with Gasteiger partial charge in [0.15, 0.2) is 0 Å². The van der Waals surface area contributed by atoms with Gasteiger partial charge in [-0.05, 0) is 52.1 Å². The first-order chi connectivity index (χ1) is 10.1. The van der Waals surface area contributed by atoms with E-state index in [2.05, 4.69) is 42.0 Å². The quantitative estimate of drug-likeness (QED) is 0.814. The summed E-state index contributed by atoms with van der Waals surface area (Å²) in [6, 6.07) is 3.27.